The predicted molar refractivity (Wildman–Crippen MR) is 72.8 cm³/mol. The quantitative estimate of drug-likeness (QED) is 0.913. The highest BCUT2D eigenvalue weighted by Gasteiger charge is 2.27. The molecule has 2 rings (SSSR count). The third-order valence-electron chi connectivity index (χ3n) is 2.56. The first-order chi connectivity index (χ1) is 7.83. The van der Waals surface area contributed by atoms with Crippen molar-refractivity contribution in [2.75, 3.05) is 24.7 Å². The van der Waals surface area contributed by atoms with Gasteiger partial charge >= 0.3 is 0 Å². The Bertz CT molecular complexity index is 326. The maximum atomic E-state index is 6.20. The number of hydrogen-bond acceptors (Lipinski definition) is 4. The number of halogens is 1. The van der Waals surface area contributed by atoms with Gasteiger partial charge in [0.15, 0.2) is 0 Å². The molecule has 0 aliphatic carbocycles. The molecule has 1 aliphatic heterocycles. The minimum atomic E-state index is 0.241. The van der Waals surface area contributed by atoms with Crippen molar-refractivity contribution in [1.29, 1.82) is 0 Å². The fourth-order valence-electron chi connectivity index (χ4n) is 1.84. The highest BCUT2D eigenvalue weighted by molar-refractivity contribution is 7.99. The molecule has 5 heteroatoms. The lowest BCUT2D eigenvalue weighted by Gasteiger charge is -2.30. The Morgan fingerprint density at radius 1 is 1.69 bits per heavy atom. The van der Waals surface area contributed by atoms with Crippen molar-refractivity contribution < 1.29 is 4.74 Å². The van der Waals surface area contributed by atoms with Gasteiger partial charge in [0.1, 0.15) is 0 Å². The highest BCUT2D eigenvalue weighted by atomic mass is 35.5. The van der Waals surface area contributed by atoms with Gasteiger partial charge in [0, 0.05) is 16.4 Å². The smallest absolute Gasteiger partial charge is 0.0868 e. The summed E-state index contributed by atoms with van der Waals surface area (Å²) in [7, 11) is 0. The summed E-state index contributed by atoms with van der Waals surface area (Å²) in [6, 6.07) is 2.20. The van der Waals surface area contributed by atoms with Crippen LogP contribution in [-0.4, -0.2) is 30.8 Å². The number of likely N-dealkylation sites (N-methyl/N-ethyl adjacent to an activating group) is 1. The number of ether oxygens (including phenoxy) is 1. The van der Waals surface area contributed by atoms with E-state index in [1.54, 1.807) is 11.3 Å². The summed E-state index contributed by atoms with van der Waals surface area (Å²) in [5.74, 6) is 2.15. The molecule has 2 heterocycles. The second-order valence-electron chi connectivity index (χ2n) is 3.65. The zero-order valence-corrected chi connectivity index (χ0v) is 11.6. The molecule has 2 unspecified atom stereocenters. The molecular weight excluding hydrogens is 262 g/mol. The second-order valence-corrected chi connectivity index (χ2v) is 6.16. The molecule has 2 atom stereocenters. The summed E-state index contributed by atoms with van der Waals surface area (Å²) < 4.78 is 5.84. The van der Waals surface area contributed by atoms with Crippen molar-refractivity contribution in [3.8, 4) is 0 Å². The third-order valence-corrected chi connectivity index (χ3v) is 5.03. The first kappa shape index (κ1) is 12.7. The summed E-state index contributed by atoms with van der Waals surface area (Å²) >= 11 is 9.86. The lowest BCUT2D eigenvalue weighted by atomic mass is 10.1. The number of thiophene rings is 1. The molecule has 16 heavy (non-hydrogen) atoms. The Hall–Kier alpha value is 0.260. The van der Waals surface area contributed by atoms with Gasteiger partial charge in [-0.25, -0.2) is 0 Å². The predicted octanol–water partition coefficient (Wildman–Crippen LogP) is 3.18. The van der Waals surface area contributed by atoms with Crippen molar-refractivity contribution in [3.05, 3.63) is 21.3 Å². The Balaban J connectivity index is 2.12. The monoisotopic (exact) mass is 277 g/mol. The van der Waals surface area contributed by atoms with Crippen LogP contribution in [0.25, 0.3) is 0 Å². The van der Waals surface area contributed by atoms with E-state index in [9.17, 15) is 0 Å². The molecule has 1 aliphatic rings. The highest BCUT2D eigenvalue weighted by Crippen LogP contribution is 2.33. The van der Waals surface area contributed by atoms with Crippen LogP contribution in [0.4, 0.5) is 0 Å². The van der Waals surface area contributed by atoms with Crippen LogP contribution in [0.1, 0.15) is 17.8 Å². The largest absolute Gasteiger partial charge is 0.374 e. The van der Waals surface area contributed by atoms with E-state index < -0.39 is 0 Å². The minimum Gasteiger partial charge on any atom is -0.374 e. The second kappa shape index (κ2) is 6.26. The van der Waals surface area contributed by atoms with Crippen molar-refractivity contribution >= 4 is 34.7 Å². The van der Waals surface area contributed by atoms with Gasteiger partial charge in [-0.1, -0.05) is 18.5 Å². The van der Waals surface area contributed by atoms with E-state index in [2.05, 4.69) is 12.2 Å². The molecule has 0 amide bonds. The van der Waals surface area contributed by atoms with E-state index >= 15 is 0 Å². The summed E-state index contributed by atoms with van der Waals surface area (Å²) in [6.07, 6.45) is 0.245. The van der Waals surface area contributed by atoms with Gasteiger partial charge in [-0.2, -0.15) is 11.8 Å². The summed E-state index contributed by atoms with van der Waals surface area (Å²) in [4.78, 5) is 1.20. The molecule has 0 aromatic carbocycles. The zero-order valence-electron chi connectivity index (χ0n) is 9.24. The fraction of sp³-hybridized carbons (Fsp3) is 0.636. The maximum absolute atomic E-state index is 6.20. The normalized spacial score (nSPS) is 23.2. The van der Waals surface area contributed by atoms with Crippen molar-refractivity contribution in [2.45, 2.75) is 19.1 Å². The molecule has 1 aromatic rings. The van der Waals surface area contributed by atoms with Gasteiger partial charge in [0.2, 0.25) is 0 Å². The van der Waals surface area contributed by atoms with Crippen molar-refractivity contribution in [3.63, 3.8) is 0 Å². The number of nitrogens with one attached hydrogen (secondary N) is 1. The average Bonchev–Trinajstić information content (AvgIpc) is 2.73. The Morgan fingerprint density at radius 2 is 2.56 bits per heavy atom. The molecule has 1 N–H and O–H groups in total. The summed E-state index contributed by atoms with van der Waals surface area (Å²) in [5.41, 5.74) is 0. The molecule has 0 saturated carbocycles. The van der Waals surface area contributed by atoms with Gasteiger partial charge in [-0.05, 0) is 18.0 Å². The standard InChI is InChI=1S/C11H16ClNOS2/c1-2-13-10(9-7-15-6-4-14-9)11-8(12)3-5-16-11/h3,5,9-10,13H,2,4,6-7H2,1H3. The van der Waals surface area contributed by atoms with Crippen molar-refractivity contribution in [1.82, 2.24) is 5.32 Å². The molecule has 1 saturated heterocycles. The molecule has 1 fully saturated rings. The van der Waals surface area contributed by atoms with Gasteiger partial charge in [-0.15, -0.1) is 11.3 Å². The molecule has 90 valence electrons. The van der Waals surface area contributed by atoms with Crippen LogP contribution in [0.5, 0.6) is 0 Å². The van der Waals surface area contributed by atoms with Gasteiger partial charge in [0.25, 0.3) is 0 Å². The molecule has 2 nitrogen and oxygen atoms in total. The molecular formula is C11H16ClNOS2. The first-order valence-electron chi connectivity index (χ1n) is 5.48. The average molecular weight is 278 g/mol. The van der Waals surface area contributed by atoms with E-state index in [4.69, 9.17) is 16.3 Å². The summed E-state index contributed by atoms with van der Waals surface area (Å²) in [6.45, 7) is 3.90. The lowest BCUT2D eigenvalue weighted by Crippen LogP contribution is -2.37. The maximum Gasteiger partial charge on any atom is 0.0868 e. The lowest BCUT2D eigenvalue weighted by molar-refractivity contribution is 0.0481. The van der Waals surface area contributed by atoms with Crippen LogP contribution in [-0.2, 0) is 4.74 Å². The van der Waals surface area contributed by atoms with E-state index in [-0.39, 0.29) is 12.1 Å². The van der Waals surface area contributed by atoms with Crippen LogP contribution < -0.4 is 5.32 Å². The molecule has 1 aromatic heterocycles. The topological polar surface area (TPSA) is 21.3 Å². The zero-order chi connectivity index (χ0) is 11.4. The minimum absolute atomic E-state index is 0.241. The van der Waals surface area contributed by atoms with Crippen LogP contribution in [0, 0.1) is 0 Å². The van der Waals surface area contributed by atoms with Crippen LogP contribution in [0.15, 0.2) is 11.4 Å². The van der Waals surface area contributed by atoms with Crippen molar-refractivity contribution in [2.24, 2.45) is 0 Å². The number of hydrogen-bond donors (Lipinski definition) is 1. The Kier molecular flexibility index (Phi) is 4.97. The first-order valence-corrected chi connectivity index (χ1v) is 7.89. The van der Waals surface area contributed by atoms with E-state index in [1.807, 2.05) is 23.2 Å². The van der Waals surface area contributed by atoms with Gasteiger partial charge < -0.3 is 10.1 Å². The van der Waals surface area contributed by atoms with Crippen LogP contribution >= 0.6 is 34.7 Å². The van der Waals surface area contributed by atoms with Crippen LogP contribution in [0.2, 0.25) is 5.02 Å². The van der Waals surface area contributed by atoms with Gasteiger partial charge in [-0.3, -0.25) is 0 Å². The van der Waals surface area contributed by atoms with Gasteiger partial charge in [0.05, 0.1) is 23.8 Å². The fourth-order valence-corrected chi connectivity index (χ4v) is 4.04. The molecule has 0 radical (unpaired) electrons. The molecule has 0 spiro atoms. The van der Waals surface area contributed by atoms with Crippen LogP contribution in [0.3, 0.4) is 0 Å². The molecule has 0 bridgehead atoms. The summed E-state index contributed by atoms with van der Waals surface area (Å²) in [5, 5.41) is 6.38. The number of thioether (sulfide) groups is 1. The Labute approximate surface area is 110 Å². The SMILES string of the molecule is CCNC(c1sccc1Cl)C1CSCCO1. The Morgan fingerprint density at radius 3 is 3.12 bits per heavy atom. The number of rotatable bonds is 4. The van der Waals surface area contributed by atoms with E-state index in [1.165, 1.54) is 4.88 Å². The third kappa shape index (κ3) is 2.93. The van der Waals surface area contributed by atoms with E-state index in [0.29, 0.717) is 0 Å². The van der Waals surface area contributed by atoms with E-state index in [0.717, 1.165) is 29.7 Å².